The molecule has 6 heteroatoms. The molecular formula is C12H15N4O2+. The summed E-state index contributed by atoms with van der Waals surface area (Å²) in [5.41, 5.74) is 0.157. The Hall–Kier alpha value is -2.21. The largest absolute Gasteiger partial charge is 0.493 e. The molecule has 0 radical (unpaired) electrons. The summed E-state index contributed by atoms with van der Waals surface area (Å²) in [5.74, 6) is -0.302. The van der Waals surface area contributed by atoms with E-state index in [1.54, 1.807) is 24.4 Å². The van der Waals surface area contributed by atoms with Crippen molar-refractivity contribution in [1.29, 1.82) is 0 Å². The van der Waals surface area contributed by atoms with E-state index in [1.165, 1.54) is 10.6 Å². The van der Waals surface area contributed by atoms with Gasteiger partial charge in [0.15, 0.2) is 0 Å². The lowest BCUT2D eigenvalue weighted by Gasteiger charge is -2.14. The molecule has 94 valence electrons. The van der Waals surface area contributed by atoms with E-state index < -0.39 is 0 Å². The Morgan fingerprint density at radius 3 is 2.78 bits per heavy atom. The van der Waals surface area contributed by atoms with Crippen LogP contribution in [0.2, 0.25) is 0 Å². The molecule has 0 bridgehead atoms. The van der Waals surface area contributed by atoms with E-state index in [0.717, 1.165) is 0 Å². The molecule has 0 aliphatic rings. The zero-order valence-corrected chi connectivity index (χ0v) is 10.5. The summed E-state index contributed by atoms with van der Waals surface area (Å²) in [6.07, 6.45) is 2.96. The van der Waals surface area contributed by atoms with Crippen LogP contribution in [-0.4, -0.2) is 46.4 Å². The first kappa shape index (κ1) is 12.3. The van der Waals surface area contributed by atoms with E-state index in [4.69, 9.17) is 0 Å². The van der Waals surface area contributed by atoms with Crippen molar-refractivity contribution in [3.8, 4) is 5.88 Å². The van der Waals surface area contributed by atoms with Gasteiger partial charge in [-0.25, -0.2) is 4.59 Å². The van der Waals surface area contributed by atoms with Crippen LogP contribution in [0.25, 0.3) is 5.65 Å². The average molecular weight is 247 g/mol. The molecule has 2 heterocycles. The minimum atomic E-state index is -0.338. The fourth-order valence-electron chi connectivity index (χ4n) is 1.43. The monoisotopic (exact) mass is 247 g/mol. The second-order valence-electron chi connectivity index (χ2n) is 4.77. The van der Waals surface area contributed by atoms with Crippen molar-refractivity contribution in [2.45, 2.75) is 0 Å². The lowest BCUT2D eigenvalue weighted by atomic mass is 10.3. The molecule has 0 atom stereocenters. The highest BCUT2D eigenvalue weighted by Gasteiger charge is 2.11. The van der Waals surface area contributed by atoms with Gasteiger partial charge in [0.1, 0.15) is 17.4 Å². The lowest BCUT2D eigenvalue weighted by molar-refractivity contribution is -0.876. The van der Waals surface area contributed by atoms with Crippen LogP contribution in [-0.2, 0) is 0 Å². The first-order valence-electron chi connectivity index (χ1n) is 5.46. The first-order valence-corrected chi connectivity index (χ1v) is 5.46. The van der Waals surface area contributed by atoms with Gasteiger partial charge in [0.2, 0.25) is 5.88 Å². The van der Waals surface area contributed by atoms with Crippen molar-refractivity contribution in [2.75, 3.05) is 21.1 Å². The van der Waals surface area contributed by atoms with Gasteiger partial charge in [-0.05, 0) is 12.1 Å². The topological polar surface area (TPSA) is 67.0 Å². The van der Waals surface area contributed by atoms with Crippen LogP contribution >= 0.6 is 0 Å². The number of quaternary nitrogens is 1. The maximum atomic E-state index is 12.1. The van der Waals surface area contributed by atoms with E-state index in [0.29, 0.717) is 10.2 Å². The fraction of sp³-hybridized carbons (Fsp3) is 0.250. The van der Waals surface area contributed by atoms with E-state index >= 15 is 0 Å². The van der Waals surface area contributed by atoms with Gasteiger partial charge < -0.3 is 5.11 Å². The molecule has 2 rings (SSSR count). The highest BCUT2D eigenvalue weighted by atomic mass is 16.3. The summed E-state index contributed by atoms with van der Waals surface area (Å²) in [6, 6.07) is 5.14. The SMILES string of the molecule is C[N+](C)(C)/N=C\c1c(O)nc2ccccn2c1=O. The molecule has 1 N–H and O–H groups in total. The highest BCUT2D eigenvalue weighted by Crippen LogP contribution is 2.09. The van der Waals surface area contributed by atoms with Gasteiger partial charge >= 0.3 is 0 Å². The summed E-state index contributed by atoms with van der Waals surface area (Å²) in [4.78, 5) is 16.1. The molecule has 0 fully saturated rings. The van der Waals surface area contributed by atoms with Crippen molar-refractivity contribution in [3.05, 3.63) is 40.3 Å². The number of pyridine rings is 1. The number of nitrogens with zero attached hydrogens (tertiary/aromatic N) is 4. The third kappa shape index (κ3) is 2.38. The molecule has 0 saturated heterocycles. The molecule has 0 aliphatic carbocycles. The summed E-state index contributed by atoms with van der Waals surface area (Å²) >= 11 is 0. The summed E-state index contributed by atoms with van der Waals surface area (Å²) in [7, 11) is 5.54. The second-order valence-corrected chi connectivity index (χ2v) is 4.77. The Kier molecular flexibility index (Phi) is 2.88. The van der Waals surface area contributed by atoms with E-state index in [1.807, 2.05) is 21.1 Å². The maximum Gasteiger partial charge on any atom is 0.270 e. The highest BCUT2D eigenvalue weighted by molar-refractivity contribution is 5.81. The Balaban J connectivity index is 2.65. The van der Waals surface area contributed by atoms with Crippen molar-refractivity contribution >= 4 is 11.9 Å². The first-order chi connectivity index (χ1) is 8.38. The van der Waals surface area contributed by atoms with Gasteiger partial charge in [0.05, 0.1) is 21.1 Å². The molecular weight excluding hydrogens is 232 g/mol. The van der Waals surface area contributed by atoms with E-state index in [-0.39, 0.29) is 17.0 Å². The Bertz CT molecular complexity index is 668. The van der Waals surface area contributed by atoms with Gasteiger partial charge in [-0.15, -0.1) is 0 Å². The van der Waals surface area contributed by atoms with Crippen molar-refractivity contribution < 1.29 is 9.70 Å². The fourth-order valence-corrected chi connectivity index (χ4v) is 1.43. The Morgan fingerprint density at radius 2 is 2.11 bits per heavy atom. The van der Waals surface area contributed by atoms with E-state index in [9.17, 15) is 9.90 Å². The second kappa shape index (κ2) is 4.23. The maximum absolute atomic E-state index is 12.1. The zero-order valence-electron chi connectivity index (χ0n) is 10.5. The number of aromatic hydroxyl groups is 1. The molecule has 0 saturated carbocycles. The minimum absolute atomic E-state index is 0.0896. The molecule has 18 heavy (non-hydrogen) atoms. The van der Waals surface area contributed by atoms with Crippen molar-refractivity contribution in [3.63, 3.8) is 0 Å². The van der Waals surface area contributed by atoms with Crippen LogP contribution < -0.4 is 5.56 Å². The predicted octanol–water partition coefficient (Wildman–Crippen LogP) is 0.440. The molecule has 0 unspecified atom stereocenters. The van der Waals surface area contributed by atoms with Gasteiger partial charge in [0, 0.05) is 6.20 Å². The summed E-state index contributed by atoms with van der Waals surface area (Å²) < 4.78 is 1.67. The lowest BCUT2D eigenvalue weighted by Crippen LogP contribution is -2.28. The Morgan fingerprint density at radius 1 is 1.39 bits per heavy atom. The van der Waals surface area contributed by atoms with Crippen LogP contribution in [0.4, 0.5) is 0 Å². The molecule has 0 amide bonds. The van der Waals surface area contributed by atoms with Crippen LogP contribution in [0.1, 0.15) is 5.56 Å². The quantitative estimate of drug-likeness (QED) is 0.475. The molecule has 0 aromatic carbocycles. The van der Waals surface area contributed by atoms with Crippen LogP contribution in [0.5, 0.6) is 5.88 Å². The third-order valence-corrected chi connectivity index (χ3v) is 2.28. The average Bonchev–Trinajstić information content (AvgIpc) is 2.27. The molecule has 2 aromatic rings. The van der Waals surface area contributed by atoms with Crippen molar-refractivity contribution in [1.82, 2.24) is 9.38 Å². The molecule has 6 nitrogen and oxygen atoms in total. The number of rotatable bonds is 2. The van der Waals surface area contributed by atoms with Crippen LogP contribution in [0.3, 0.4) is 0 Å². The summed E-state index contributed by atoms with van der Waals surface area (Å²) in [6.45, 7) is 0. The van der Waals surface area contributed by atoms with Crippen LogP contribution in [0, 0.1) is 0 Å². The van der Waals surface area contributed by atoms with Crippen molar-refractivity contribution in [2.24, 2.45) is 5.10 Å². The normalized spacial score (nSPS) is 12.4. The van der Waals surface area contributed by atoms with E-state index in [2.05, 4.69) is 10.1 Å². The third-order valence-electron chi connectivity index (χ3n) is 2.28. The Labute approximate surface area is 104 Å². The number of hydrogen-bond donors (Lipinski definition) is 1. The standard InChI is InChI=1S/C12H14N4O2/c1-16(2,3)13-8-9-11(17)14-10-6-4-5-7-15(10)12(9)18/h4-8H,1-3H3/p+1. The molecule has 0 aliphatic heterocycles. The van der Waals surface area contributed by atoms with Crippen LogP contribution in [0.15, 0.2) is 34.3 Å². The minimum Gasteiger partial charge on any atom is -0.493 e. The van der Waals surface area contributed by atoms with Gasteiger partial charge in [0.25, 0.3) is 5.56 Å². The van der Waals surface area contributed by atoms with Gasteiger partial charge in [-0.1, -0.05) is 11.2 Å². The molecule has 0 spiro atoms. The zero-order chi connectivity index (χ0) is 13.3. The molecule has 2 aromatic heterocycles. The van der Waals surface area contributed by atoms with Gasteiger partial charge in [-0.2, -0.15) is 4.98 Å². The predicted molar refractivity (Wildman–Crippen MR) is 68.8 cm³/mol. The number of hydrogen-bond acceptors (Lipinski definition) is 4. The number of fused-ring (bicyclic) bond motifs is 1. The smallest absolute Gasteiger partial charge is 0.270 e. The van der Waals surface area contributed by atoms with Gasteiger partial charge in [-0.3, -0.25) is 9.20 Å². The number of aromatic nitrogens is 2. The summed E-state index contributed by atoms with van der Waals surface area (Å²) in [5, 5.41) is 13.9.